The van der Waals surface area contributed by atoms with Crippen LogP contribution in [0.25, 0.3) is 11.3 Å². The fraction of sp³-hybridized carbons (Fsp3) is 0.474. The lowest BCUT2D eigenvalue weighted by atomic mass is 9.92. The second kappa shape index (κ2) is 9.22. The number of nitrogens with one attached hydrogen (secondary N) is 2. The van der Waals surface area contributed by atoms with Gasteiger partial charge >= 0.3 is 0 Å². The number of halogens is 1. The number of aliphatic imine (C=N–C) groups is 1. The van der Waals surface area contributed by atoms with E-state index in [1.165, 1.54) is 6.42 Å². The highest BCUT2D eigenvalue weighted by atomic mass is 127. The monoisotopic (exact) mass is 453 g/mol. The molecular weight excluding hydrogens is 425 g/mol. The van der Waals surface area contributed by atoms with Gasteiger partial charge in [-0.05, 0) is 23.8 Å². The number of imidazole rings is 1. The molecule has 0 saturated carbocycles. The van der Waals surface area contributed by atoms with Gasteiger partial charge in [-0.3, -0.25) is 4.99 Å². The van der Waals surface area contributed by atoms with E-state index in [0.29, 0.717) is 18.4 Å². The van der Waals surface area contributed by atoms with Gasteiger partial charge in [0.25, 0.3) is 0 Å². The summed E-state index contributed by atoms with van der Waals surface area (Å²) in [5.41, 5.74) is 2.20. The van der Waals surface area contributed by atoms with Crippen molar-refractivity contribution in [2.24, 2.45) is 16.8 Å². The van der Waals surface area contributed by atoms with Crippen molar-refractivity contribution in [3.63, 3.8) is 0 Å². The first kappa shape index (κ1) is 19.8. The predicted octanol–water partition coefficient (Wildman–Crippen LogP) is 3.75. The van der Waals surface area contributed by atoms with Crippen LogP contribution < -0.4 is 5.32 Å². The van der Waals surface area contributed by atoms with Gasteiger partial charge in [0.05, 0.1) is 18.4 Å². The molecule has 5 nitrogen and oxygen atoms in total. The molecule has 2 aromatic rings. The number of hydrogen-bond donors (Lipinski definition) is 2. The van der Waals surface area contributed by atoms with E-state index < -0.39 is 0 Å². The third-order valence-corrected chi connectivity index (χ3v) is 4.51. The fourth-order valence-corrected chi connectivity index (χ4v) is 3.55. The lowest BCUT2D eigenvalue weighted by Crippen LogP contribution is -2.48. The van der Waals surface area contributed by atoms with Crippen LogP contribution in [0, 0.1) is 11.8 Å². The van der Waals surface area contributed by atoms with Gasteiger partial charge in [-0.25, -0.2) is 4.98 Å². The largest absolute Gasteiger partial charge is 0.349 e. The summed E-state index contributed by atoms with van der Waals surface area (Å²) in [5.74, 6) is 3.31. The predicted molar refractivity (Wildman–Crippen MR) is 114 cm³/mol. The van der Waals surface area contributed by atoms with E-state index in [2.05, 4.69) is 51.2 Å². The first-order valence-corrected chi connectivity index (χ1v) is 8.70. The van der Waals surface area contributed by atoms with E-state index in [4.69, 9.17) is 0 Å². The zero-order valence-electron chi connectivity index (χ0n) is 15.2. The molecule has 1 aliphatic rings. The molecule has 1 aromatic carbocycles. The number of likely N-dealkylation sites (tertiary alicyclic amines) is 1. The molecule has 1 aliphatic heterocycles. The Balaban J connectivity index is 0.00000225. The molecule has 1 saturated heterocycles. The summed E-state index contributed by atoms with van der Waals surface area (Å²) in [5, 5.41) is 3.44. The molecule has 0 spiro atoms. The van der Waals surface area contributed by atoms with Crippen LogP contribution in [0.2, 0.25) is 0 Å². The number of nitrogens with zero attached hydrogens (tertiary/aromatic N) is 3. The number of rotatable bonds is 3. The zero-order valence-corrected chi connectivity index (χ0v) is 17.5. The molecule has 0 bridgehead atoms. The maximum atomic E-state index is 4.48. The van der Waals surface area contributed by atoms with Crippen molar-refractivity contribution in [1.29, 1.82) is 0 Å². The average molecular weight is 453 g/mol. The van der Waals surface area contributed by atoms with Crippen LogP contribution in [-0.2, 0) is 6.54 Å². The minimum Gasteiger partial charge on any atom is -0.349 e. The Morgan fingerprint density at radius 2 is 1.92 bits per heavy atom. The number of hydrogen-bond acceptors (Lipinski definition) is 2. The molecule has 0 radical (unpaired) electrons. The summed E-state index contributed by atoms with van der Waals surface area (Å²) in [6.07, 6.45) is 3.19. The second-order valence-electron chi connectivity index (χ2n) is 6.86. The van der Waals surface area contributed by atoms with Crippen LogP contribution in [0.3, 0.4) is 0 Å². The van der Waals surface area contributed by atoms with Crippen LogP contribution in [0.4, 0.5) is 0 Å². The third-order valence-electron chi connectivity index (χ3n) is 4.51. The molecular formula is C19H28IN5. The van der Waals surface area contributed by atoms with Gasteiger partial charge in [0.15, 0.2) is 5.96 Å². The van der Waals surface area contributed by atoms with Gasteiger partial charge in [0.2, 0.25) is 0 Å². The summed E-state index contributed by atoms with van der Waals surface area (Å²) in [7, 11) is 1.85. The molecule has 3 rings (SSSR count). The van der Waals surface area contributed by atoms with E-state index in [-0.39, 0.29) is 24.0 Å². The number of H-pyrrole nitrogens is 1. The SMILES string of the molecule is CN=C(NCc1ncc(-c2ccccc2)[nH]1)N1CC(C)CC(C)C1.I. The number of guanidine groups is 1. The maximum Gasteiger partial charge on any atom is 0.194 e. The Labute approximate surface area is 167 Å². The molecule has 2 heterocycles. The number of piperidine rings is 1. The molecule has 25 heavy (non-hydrogen) atoms. The number of benzene rings is 1. The highest BCUT2D eigenvalue weighted by Gasteiger charge is 2.24. The Morgan fingerprint density at radius 3 is 2.56 bits per heavy atom. The lowest BCUT2D eigenvalue weighted by molar-refractivity contribution is 0.208. The smallest absolute Gasteiger partial charge is 0.194 e. The van der Waals surface area contributed by atoms with Gasteiger partial charge in [-0.2, -0.15) is 0 Å². The second-order valence-corrected chi connectivity index (χ2v) is 6.86. The van der Waals surface area contributed by atoms with Crippen LogP contribution >= 0.6 is 24.0 Å². The molecule has 2 atom stereocenters. The van der Waals surface area contributed by atoms with E-state index >= 15 is 0 Å². The van der Waals surface area contributed by atoms with Crippen LogP contribution in [0.1, 0.15) is 26.1 Å². The minimum absolute atomic E-state index is 0. The van der Waals surface area contributed by atoms with Crippen molar-refractivity contribution < 1.29 is 0 Å². The molecule has 136 valence electrons. The zero-order chi connectivity index (χ0) is 16.9. The van der Waals surface area contributed by atoms with E-state index in [9.17, 15) is 0 Å². The standard InChI is InChI=1S/C19H27N5.HI/c1-14-9-15(2)13-24(12-14)19(20-3)22-11-18-21-10-17(23-18)16-7-5-4-6-8-16;/h4-8,10,14-15H,9,11-13H2,1-3H3,(H,20,22)(H,21,23);1H. The Morgan fingerprint density at radius 1 is 1.24 bits per heavy atom. The third kappa shape index (κ3) is 5.20. The summed E-state index contributed by atoms with van der Waals surface area (Å²) in [6.45, 7) is 7.41. The van der Waals surface area contributed by atoms with Crippen molar-refractivity contribution in [1.82, 2.24) is 20.2 Å². The van der Waals surface area contributed by atoms with Gasteiger partial charge in [0.1, 0.15) is 5.82 Å². The van der Waals surface area contributed by atoms with Crippen LogP contribution in [-0.4, -0.2) is 41.0 Å². The quantitative estimate of drug-likeness (QED) is 0.423. The number of aromatic nitrogens is 2. The minimum atomic E-state index is 0. The Hall–Kier alpha value is -1.57. The van der Waals surface area contributed by atoms with Crippen LogP contribution in [0.5, 0.6) is 0 Å². The fourth-order valence-electron chi connectivity index (χ4n) is 3.55. The van der Waals surface area contributed by atoms with Crippen molar-refractivity contribution >= 4 is 29.9 Å². The van der Waals surface area contributed by atoms with Crippen molar-refractivity contribution in [3.8, 4) is 11.3 Å². The highest BCUT2D eigenvalue weighted by Crippen LogP contribution is 2.21. The highest BCUT2D eigenvalue weighted by molar-refractivity contribution is 14.0. The summed E-state index contributed by atoms with van der Waals surface area (Å²) < 4.78 is 0. The first-order valence-electron chi connectivity index (χ1n) is 8.70. The van der Waals surface area contributed by atoms with E-state index in [1.54, 1.807) is 0 Å². The molecule has 1 aromatic heterocycles. The summed E-state index contributed by atoms with van der Waals surface area (Å²) >= 11 is 0. The van der Waals surface area contributed by atoms with Gasteiger partial charge in [-0.1, -0.05) is 44.2 Å². The Kier molecular flexibility index (Phi) is 7.28. The molecule has 0 amide bonds. The molecule has 1 fully saturated rings. The maximum absolute atomic E-state index is 4.48. The lowest BCUT2D eigenvalue weighted by Gasteiger charge is -2.37. The van der Waals surface area contributed by atoms with E-state index in [1.807, 2.05) is 31.4 Å². The molecule has 0 aliphatic carbocycles. The van der Waals surface area contributed by atoms with Gasteiger partial charge in [-0.15, -0.1) is 24.0 Å². The summed E-state index contributed by atoms with van der Waals surface area (Å²) in [6, 6.07) is 10.3. The summed E-state index contributed by atoms with van der Waals surface area (Å²) in [4.78, 5) is 14.7. The van der Waals surface area contributed by atoms with E-state index in [0.717, 1.165) is 36.1 Å². The molecule has 2 unspecified atom stereocenters. The van der Waals surface area contributed by atoms with Crippen LogP contribution in [0.15, 0.2) is 41.5 Å². The van der Waals surface area contributed by atoms with Crippen molar-refractivity contribution in [3.05, 3.63) is 42.4 Å². The average Bonchev–Trinajstić information content (AvgIpc) is 3.04. The molecule has 6 heteroatoms. The van der Waals surface area contributed by atoms with Gasteiger partial charge < -0.3 is 15.2 Å². The topological polar surface area (TPSA) is 56.3 Å². The van der Waals surface area contributed by atoms with Crippen molar-refractivity contribution in [2.45, 2.75) is 26.8 Å². The first-order chi connectivity index (χ1) is 11.7. The molecule has 2 N–H and O–H groups in total. The normalized spacial score (nSPS) is 20.9. The van der Waals surface area contributed by atoms with Gasteiger partial charge in [0, 0.05) is 20.1 Å². The number of aromatic amines is 1. The Bertz CT molecular complexity index is 672. The van der Waals surface area contributed by atoms with Crippen molar-refractivity contribution in [2.75, 3.05) is 20.1 Å².